The van der Waals surface area contributed by atoms with Crippen LogP contribution in [0.1, 0.15) is 19.5 Å². The van der Waals surface area contributed by atoms with E-state index in [0.717, 1.165) is 5.06 Å². The minimum Gasteiger partial charge on any atom is -0.298 e. The molecule has 0 aliphatic carbocycles. The van der Waals surface area contributed by atoms with Gasteiger partial charge in [0.1, 0.15) is 0 Å². The Balaban J connectivity index is 2.92. The Labute approximate surface area is 106 Å². The molecule has 18 heavy (non-hydrogen) atoms. The number of amides is 1. The Morgan fingerprint density at radius 1 is 1.44 bits per heavy atom. The summed E-state index contributed by atoms with van der Waals surface area (Å²) in [6.45, 7) is 4.30. The lowest BCUT2D eigenvalue weighted by Gasteiger charge is -2.18. The number of aldehydes is 1. The van der Waals surface area contributed by atoms with Gasteiger partial charge in [-0.15, -0.1) is 0 Å². The van der Waals surface area contributed by atoms with Crippen LogP contribution in [-0.2, 0) is 14.4 Å². The summed E-state index contributed by atoms with van der Waals surface area (Å²) in [5, 5.41) is 1.16. The minimum absolute atomic E-state index is 0.0176. The van der Waals surface area contributed by atoms with Gasteiger partial charge in [0.05, 0.1) is 17.9 Å². The van der Waals surface area contributed by atoms with Crippen LogP contribution in [0, 0.1) is 0 Å². The minimum atomic E-state index is -0.458. The molecule has 1 aromatic rings. The second kappa shape index (κ2) is 7.34. The lowest BCUT2D eigenvalue weighted by molar-refractivity contribution is -0.178. The molecule has 0 saturated carbocycles. The third-order valence-electron chi connectivity index (χ3n) is 2.16. The normalized spacial score (nSPS) is 11.1. The highest BCUT2D eigenvalue weighted by atomic mass is 16.7. The number of aromatic nitrogens is 1. The van der Waals surface area contributed by atoms with Gasteiger partial charge in [-0.05, 0) is 32.1 Å². The highest BCUT2D eigenvalue weighted by Crippen LogP contribution is 2.06. The van der Waals surface area contributed by atoms with Gasteiger partial charge in [-0.25, -0.2) is 5.06 Å². The van der Waals surface area contributed by atoms with Gasteiger partial charge >= 0.3 is 0 Å². The highest BCUT2D eigenvalue weighted by molar-refractivity contribution is 6.13. The Morgan fingerprint density at radius 3 is 2.72 bits per heavy atom. The third kappa shape index (κ3) is 3.78. The topological polar surface area (TPSA) is 59.5 Å². The third-order valence-corrected chi connectivity index (χ3v) is 2.16. The zero-order valence-electron chi connectivity index (χ0n) is 10.5. The number of carbonyl (C=O) groups is 2. The van der Waals surface area contributed by atoms with Crippen molar-refractivity contribution < 1.29 is 14.4 Å². The highest BCUT2D eigenvalue weighted by Gasteiger charge is 2.17. The first-order valence-corrected chi connectivity index (χ1v) is 5.75. The molecule has 0 spiro atoms. The molecule has 0 bridgehead atoms. The van der Waals surface area contributed by atoms with Gasteiger partial charge in [-0.2, -0.15) is 0 Å². The average molecular weight is 248 g/mol. The maximum absolute atomic E-state index is 12.0. The zero-order chi connectivity index (χ0) is 13.4. The van der Waals surface area contributed by atoms with E-state index in [1.807, 2.05) is 0 Å². The number of hydrogen-bond acceptors (Lipinski definition) is 4. The molecule has 1 rings (SSSR count). The van der Waals surface area contributed by atoms with Gasteiger partial charge in [0, 0.05) is 12.7 Å². The molecule has 1 amide bonds. The molecule has 0 radical (unpaired) electrons. The van der Waals surface area contributed by atoms with Gasteiger partial charge in [0.15, 0.2) is 6.29 Å². The first kappa shape index (κ1) is 14.1. The largest absolute Gasteiger partial charge is 0.298 e. The molecule has 1 heterocycles. The molecule has 0 N–H and O–H groups in total. The van der Waals surface area contributed by atoms with Gasteiger partial charge in [-0.3, -0.25) is 19.4 Å². The van der Waals surface area contributed by atoms with E-state index in [4.69, 9.17) is 4.84 Å². The summed E-state index contributed by atoms with van der Waals surface area (Å²) in [4.78, 5) is 32.1. The number of hydroxylamine groups is 2. The predicted molar refractivity (Wildman–Crippen MR) is 67.3 cm³/mol. The van der Waals surface area contributed by atoms with Crippen LogP contribution in [-0.4, -0.2) is 35.4 Å². The van der Waals surface area contributed by atoms with E-state index in [2.05, 4.69) is 4.98 Å². The number of carbonyl (C=O) groups excluding carboxylic acids is 2. The quantitative estimate of drug-likeness (QED) is 0.251. The van der Waals surface area contributed by atoms with Crippen LogP contribution in [0.3, 0.4) is 0 Å². The van der Waals surface area contributed by atoms with E-state index in [0.29, 0.717) is 25.1 Å². The van der Waals surface area contributed by atoms with Crippen molar-refractivity contribution in [2.24, 2.45) is 0 Å². The second-order valence-corrected chi connectivity index (χ2v) is 3.39. The molecule has 5 heteroatoms. The van der Waals surface area contributed by atoms with Gasteiger partial charge in [0.25, 0.3) is 5.91 Å². The van der Waals surface area contributed by atoms with Gasteiger partial charge in [-0.1, -0.05) is 6.07 Å². The summed E-state index contributed by atoms with van der Waals surface area (Å²) < 4.78 is 0. The van der Waals surface area contributed by atoms with E-state index in [1.165, 1.54) is 6.08 Å². The van der Waals surface area contributed by atoms with Crippen molar-refractivity contribution in [3.8, 4) is 0 Å². The maximum atomic E-state index is 12.0. The van der Waals surface area contributed by atoms with Crippen molar-refractivity contribution in [1.29, 1.82) is 0 Å². The standard InChI is InChI=1S/C13H16N2O3/c1-3-15(18-4-2)13(17)11(10-16)9-12-7-5-6-8-14-12/h5-10H,3-4H2,1-2H3/b11-9+. The lowest BCUT2D eigenvalue weighted by Crippen LogP contribution is -2.32. The first-order chi connectivity index (χ1) is 8.72. The fourth-order valence-corrected chi connectivity index (χ4v) is 1.36. The Morgan fingerprint density at radius 2 is 2.22 bits per heavy atom. The molecule has 96 valence electrons. The molecule has 0 atom stereocenters. The molecule has 0 aromatic carbocycles. The van der Waals surface area contributed by atoms with Crippen LogP contribution in [0.2, 0.25) is 0 Å². The molecular weight excluding hydrogens is 232 g/mol. The average Bonchev–Trinajstić information content (AvgIpc) is 2.42. The molecule has 0 fully saturated rings. The number of pyridine rings is 1. The van der Waals surface area contributed by atoms with Crippen LogP contribution in [0.5, 0.6) is 0 Å². The van der Waals surface area contributed by atoms with Crippen LogP contribution < -0.4 is 0 Å². The van der Waals surface area contributed by atoms with Crippen molar-refractivity contribution in [2.75, 3.05) is 13.2 Å². The Kier molecular flexibility index (Phi) is 5.73. The molecule has 1 aromatic heterocycles. The summed E-state index contributed by atoms with van der Waals surface area (Å²) in [5.74, 6) is -0.458. The molecule has 0 saturated heterocycles. The SMILES string of the molecule is CCON(CC)C(=O)/C(C=O)=C/c1ccccn1. The van der Waals surface area contributed by atoms with Crippen molar-refractivity contribution in [1.82, 2.24) is 10.0 Å². The lowest BCUT2D eigenvalue weighted by atomic mass is 10.2. The van der Waals surface area contributed by atoms with E-state index in [1.54, 1.807) is 38.2 Å². The van der Waals surface area contributed by atoms with E-state index in [9.17, 15) is 9.59 Å². The molecule has 5 nitrogen and oxygen atoms in total. The van der Waals surface area contributed by atoms with Crippen molar-refractivity contribution >= 4 is 18.3 Å². The number of nitrogens with zero attached hydrogens (tertiary/aromatic N) is 2. The summed E-state index contributed by atoms with van der Waals surface area (Å²) in [7, 11) is 0. The first-order valence-electron chi connectivity index (χ1n) is 5.75. The zero-order valence-corrected chi connectivity index (χ0v) is 10.5. The summed E-state index contributed by atoms with van der Waals surface area (Å²) >= 11 is 0. The van der Waals surface area contributed by atoms with Gasteiger partial charge in [0.2, 0.25) is 0 Å². The van der Waals surface area contributed by atoms with Crippen molar-refractivity contribution in [2.45, 2.75) is 13.8 Å². The molecule has 0 aliphatic rings. The van der Waals surface area contributed by atoms with Crippen LogP contribution in [0.4, 0.5) is 0 Å². The second-order valence-electron chi connectivity index (χ2n) is 3.39. The number of likely N-dealkylation sites (N-methyl/N-ethyl adjacent to an activating group) is 1. The van der Waals surface area contributed by atoms with Crippen LogP contribution in [0.25, 0.3) is 6.08 Å². The molecule has 0 aliphatic heterocycles. The van der Waals surface area contributed by atoms with E-state index >= 15 is 0 Å². The van der Waals surface area contributed by atoms with E-state index < -0.39 is 5.91 Å². The van der Waals surface area contributed by atoms with Gasteiger partial charge < -0.3 is 0 Å². The predicted octanol–water partition coefficient (Wildman–Crippen LogP) is 1.46. The van der Waals surface area contributed by atoms with Crippen molar-refractivity contribution in [3.05, 3.63) is 35.7 Å². The number of rotatable bonds is 6. The molecule has 0 unspecified atom stereocenters. The summed E-state index contributed by atoms with van der Waals surface area (Å²) in [6.07, 6.45) is 3.55. The summed E-state index contributed by atoms with van der Waals surface area (Å²) in [6, 6.07) is 5.26. The fraction of sp³-hybridized carbons (Fsp3) is 0.308. The monoisotopic (exact) mass is 248 g/mol. The smallest absolute Gasteiger partial charge is 0.280 e. The van der Waals surface area contributed by atoms with Crippen LogP contribution >= 0.6 is 0 Å². The van der Waals surface area contributed by atoms with E-state index in [-0.39, 0.29) is 5.57 Å². The number of hydrogen-bond donors (Lipinski definition) is 0. The Hall–Kier alpha value is -2.01. The Bertz CT molecular complexity index is 429. The maximum Gasteiger partial charge on any atom is 0.280 e. The fourth-order valence-electron chi connectivity index (χ4n) is 1.36. The van der Waals surface area contributed by atoms with Crippen LogP contribution in [0.15, 0.2) is 30.0 Å². The summed E-state index contributed by atoms with van der Waals surface area (Å²) in [5.41, 5.74) is 0.574. The van der Waals surface area contributed by atoms with Crippen molar-refractivity contribution in [3.63, 3.8) is 0 Å². The molecular formula is C13H16N2O3.